The minimum absolute atomic E-state index is 0.446. The minimum Gasteiger partial charge on any atom is -0.379 e. The van der Waals surface area contributed by atoms with Gasteiger partial charge in [0.25, 0.3) is 0 Å². The number of ether oxygens (including phenoxy) is 2. The predicted molar refractivity (Wildman–Crippen MR) is 55.1 cm³/mol. The number of hydrogen-bond acceptors (Lipinski definition) is 3. The maximum absolute atomic E-state index is 5.41. The van der Waals surface area contributed by atoms with E-state index in [1.807, 2.05) is 6.92 Å². The molecule has 0 fully saturated rings. The highest BCUT2D eigenvalue weighted by atomic mass is 16.5. The Bertz CT molecular complexity index is 98.9. The normalized spacial score (nSPS) is 13.2. The van der Waals surface area contributed by atoms with Crippen LogP contribution in [0.15, 0.2) is 0 Å². The van der Waals surface area contributed by atoms with Gasteiger partial charge in [0.2, 0.25) is 0 Å². The highest BCUT2D eigenvalue weighted by molar-refractivity contribution is 4.57. The Labute approximate surface area is 81.8 Å². The van der Waals surface area contributed by atoms with E-state index in [2.05, 4.69) is 19.2 Å². The van der Waals surface area contributed by atoms with Crippen LogP contribution in [0.3, 0.4) is 0 Å². The zero-order chi connectivity index (χ0) is 9.94. The van der Waals surface area contributed by atoms with Crippen LogP contribution in [0.2, 0.25) is 0 Å². The van der Waals surface area contributed by atoms with E-state index >= 15 is 0 Å². The van der Waals surface area contributed by atoms with Gasteiger partial charge in [-0.2, -0.15) is 0 Å². The molecule has 0 spiro atoms. The molecule has 1 unspecified atom stereocenters. The molecular formula is C10H23NO2. The Morgan fingerprint density at radius 2 is 1.85 bits per heavy atom. The molecule has 0 saturated heterocycles. The molecule has 0 saturated carbocycles. The van der Waals surface area contributed by atoms with Crippen LogP contribution in [0, 0.1) is 0 Å². The third kappa shape index (κ3) is 9.80. The molecule has 0 aliphatic heterocycles. The van der Waals surface area contributed by atoms with Gasteiger partial charge in [-0.1, -0.05) is 6.92 Å². The van der Waals surface area contributed by atoms with Crippen LogP contribution in [-0.2, 0) is 9.47 Å². The summed E-state index contributed by atoms with van der Waals surface area (Å²) in [6.07, 6.45) is 1.17. The van der Waals surface area contributed by atoms with Crippen LogP contribution in [0.1, 0.15) is 27.2 Å². The zero-order valence-electron chi connectivity index (χ0n) is 9.14. The molecule has 0 aliphatic rings. The molecule has 0 radical (unpaired) electrons. The Hall–Kier alpha value is -0.120. The Kier molecular flexibility index (Phi) is 9.87. The minimum atomic E-state index is 0.446. The van der Waals surface area contributed by atoms with Gasteiger partial charge in [-0.15, -0.1) is 0 Å². The van der Waals surface area contributed by atoms with Gasteiger partial charge < -0.3 is 14.8 Å². The maximum atomic E-state index is 5.41. The van der Waals surface area contributed by atoms with E-state index in [1.54, 1.807) is 0 Å². The first-order chi connectivity index (χ1) is 6.31. The largest absolute Gasteiger partial charge is 0.379 e. The van der Waals surface area contributed by atoms with Gasteiger partial charge >= 0.3 is 0 Å². The summed E-state index contributed by atoms with van der Waals surface area (Å²) >= 11 is 0. The van der Waals surface area contributed by atoms with Gasteiger partial charge in [0, 0.05) is 12.6 Å². The molecular weight excluding hydrogens is 166 g/mol. The van der Waals surface area contributed by atoms with Crippen molar-refractivity contribution in [1.82, 2.24) is 5.32 Å². The lowest BCUT2D eigenvalue weighted by Gasteiger charge is -2.13. The molecule has 0 aliphatic carbocycles. The molecule has 0 aromatic carbocycles. The Balaban J connectivity index is 3.03. The lowest BCUT2D eigenvalue weighted by molar-refractivity contribution is 0.0454. The highest BCUT2D eigenvalue weighted by Crippen LogP contribution is 1.85. The van der Waals surface area contributed by atoms with E-state index in [1.165, 1.54) is 6.42 Å². The van der Waals surface area contributed by atoms with Gasteiger partial charge in [-0.25, -0.2) is 0 Å². The number of nitrogens with one attached hydrogen (secondary N) is 1. The maximum Gasteiger partial charge on any atom is 0.0701 e. The lowest BCUT2D eigenvalue weighted by atomic mass is 10.3. The van der Waals surface area contributed by atoms with Crippen LogP contribution >= 0.6 is 0 Å². The molecule has 13 heavy (non-hydrogen) atoms. The van der Waals surface area contributed by atoms with Crippen LogP contribution in [0.25, 0.3) is 0 Å². The summed E-state index contributed by atoms with van der Waals surface area (Å²) in [5.74, 6) is 0. The van der Waals surface area contributed by atoms with Crippen molar-refractivity contribution < 1.29 is 9.47 Å². The fourth-order valence-electron chi connectivity index (χ4n) is 0.972. The summed E-state index contributed by atoms with van der Waals surface area (Å²) < 4.78 is 10.6. The van der Waals surface area contributed by atoms with E-state index in [-0.39, 0.29) is 0 Å². The van der Waals surface area contributed by atoms with Crippen LogP contribution in [0.5, 0.6) is 0 Å². The Morgan fingerprint density at radius 3 is 2.46 bits per heavy atom. The van der Waals surface area contributed by atoms with Crippen molar-refractivity contribution in [3.05, 3.63) is 0 Å². The summed E-state index contributed by atoms with van der Waals surface area (Å²) in [5, 5.41) is 3.36. The smallest absolute Gasteiger partial charge is 0.0701 e. The zero-order valence-corrected chi connectivity index (χ0v) is 9.14. The van der Waals surface area contributed by atoms with Crippen LogP contribution in [-0.4, -0.2) is 39.0 Å². The molecule has 0 aromatic heterocycles. The van der Waals surface area contributed by atoms with E-state index in [0.29, 0.717) is 19.3 Å². The summed E-state index contributed by atoms with van der Waals surface area (Å²) in [4.78, 5) is 0. The van der Waals surface area contributed by atoms with Crippen molar-refractivity contribution in [2.45, 2.75) is 33.2 Å². The summed E-state index contributed by atoms with van der Waals surface area (Å²) in [6.45, 7) is 10.3. The second-order valence-corrected chi connectivity index (χ2v) is 3.13. The molecule has 0 amide bonds. The molecule has 0 rings (SSSR count). The quantitative estimate of drug-likeness (QED) is 0.557. The molecule has 0 aromatic rings. The number of hydrogen-bond donors (Lipinski definition) is 1. The second-order valence-electron chi connectivity index (χ2n) is 3.13. The van der Waals surface area contributed by atoms with Crippen molar-refractivity contribution in [1.29, 1.82) is 0 Å². The predicted octanol–water partition coefficient (Wildman–Crippen LogP) is 1.43. The Morgan fingerprint density at radius 1 is 1.15 bits per heavy atom. The summed E-state index contributed by atoms with van der Waals surface area (Å²) in [5.41, 5.74) is 0. The average Bonchev–Trinajstić information content (AvgIpc) is 2.14. The van der Waals surface area contributed by atoms with Crippen molar-refractivity contribution in [3.63, 3.8) is 0 Å². The first-order valence-corrected chi connectivity index (χ1v) is 5.20. The SMILES string of the molecule is CCCNC(C)COCCOCC. The molecule has 1 atom stereocenters. The van der Waals surface area contributed by atoms with Gasteiger partial charge in [0.1, 0.15) is 0 Å². The van der Waals surface area contributed by atoms with E-state index in [0.717, 1.165) is 19.8 Å². The summed E-state index contributed by atoms with van der Waals surface area (Å²) in [7, 11) is 0. The first-order valence-electron chi connectivity index (χ1n) is 5.20. The average molecular weight is 189 g/mol. The standard InChI is InChI=1S/C10H23NO2/c1-4-6-11-10(3)9-13-8-7-12-5-2/h10-11H,4-9H2,1-3H3. The van der Waals surface area contributed by atoms with Gasteiger partial charge in [-0.05, 0) is 26.8 Å². The third-order valence-corrected chi connectivity index (χ3v) is 1.69. The topological polar surface area (TPSA) is 30.5 Å². The second kappa shape index (κ2) is 9.96. The van der Waals surface area contributed by atoms with Crippen molar-refractivity contribution in [2.75, 3.05) is 33.0 Å². The lowest BCUT2D eigenvalue weighted by Crippen LogP contribution is -2.31. The van der Waals surface area contributed by atoms with Gasteiger partial charge in [0.15, 0.2) is 0 Å². The molecule has 3 nitrogen and oxygen atoms in total. The van der Waals surface area contributed by atoms with Gasteiger partial charge in [0.05, 0.1) is 19.8 Å². The third-order valence-electron chi connectivity index (χ3n) is 1.69. The van der Waals surface area contributed by atoms with Crippen molar-refractivity contribution in [2.24, 2.45) is 0 Å². The number of rotatable bonds is 9. The van der Waals surface area contributed by atoms with Crippen molar-refractivity contribution >= 4 is 0 Å². The molecule has 3 heteroatoms. The molecule has 0 heterocycles. The van der Waals surface area contributed by atoms with E-state index < -0.39 is 0 Å². The van der Waals surface area contributed by atoms with E-state index in [4.69, 9.17) is 9.47 Å². The fourth-order valence-corrected chi connectivity index (χ4v) is 0.972. The molecule has 0 bridgehead atoms. The first kappa shape index (κ1) is 12.9. The van der Waals surface area contributed by atoms with Gasteiger partial charge in [-0.3, -0.25) is 0 Å². The monoisotopic (exact) mass is 189 g/mol. The van der Waals surface area contributed by atoms with E-state index in [9.17, 15) is 0 Å². The van der Waals surface area contributed by atoms with Crippen molar-refractivity contribution in [3.8, 4) is 0 Å². The van der Waals surface area contributed by atoms with Crippen LogP contribution < -0.4 is 5.32 Å². The fraction of sp³-hybridized carbons (Fsp3) is 1.00. The highest BCUT2D eigenvalue weighted by Gasteiger charge is 1.98. The summed E-state index contributed by atoms with van der Waals surface area (Å²) in [6, 6.07) is 0.446. The molecule has 1 N–H and O–H groups in total. The molecule has 80 valence electrons. The van der Waals surface area contributed by atoms with Crippen LogP contribution in [0.4, 0.5) is 0 Å².